The third kappa shape index (κ3) is 3.89. The Kier molecular flexibility index (Phi) is 6.36. The largest absolute Gasteiger partial charge is 0.356 e. The van der Waals surface area contributed by atoms with E-state index in [1.165, 1.54) is 17.9 Å². The third-order valence-corrected chi connectivity index (χ3v) is 4.75. The van der Waals surface area contributed by atoms with Crippen molar-refractivity contribution in [2.45, 2.75) is 18.4 Å². The second-order valence-corrected chi connectivity index (χ2v) is 5.89. The van der Waals surface area contributed by atoms with Gasteiger partial charge in [-0.2, -0.15) is 11.8 Å². The van der Waals surface area contributed by atoms with Crippen molar-refractivity contribution < 1.29 is 0 Å². The van der Waals surface area contributed by atoms with Gasteiger partial charge in [-0.15, -0.1) is 24.0 Å². The van der Waals surface area contributed by atoms with Crippen LogP contribution in [0.5, 0.6) is 0 Å². The molecule has 0 aliphatic carbocycles. The molecule has 0 aromatic heterocycles. The van der Waals surface area contributed by atoms with Crippen molar-refractivity contribution in [1.82, 2.24) is 15.5 Å². The molecule has 0 saturated carbocycles. The van der Waals surface area contributed by atoms with Gasteiger partial charge in [-0.25, -0.2) is 0 Å². The van der Waals surface area contributed by atoms with Crippen LogP contribution in [0.25, 0.3) is 0 Å². The second kappa shape index (κ2) is 7.04. The van der Waals surface area contributed by atoms with Crippen molar-refractivity contribution in [3.8, 4) is 0 Å². The van der Waals surface area contributed by atoms with Crippen molar-refractivity contribution in [1.29, 1.82) is 0 Å². The normalized spacial score (nSPS) is 28.3. The number of nitrogens with zero attached hydrogens (tertiary/aromatic N) is 2. The summed E-state index contributed by atoms with van der Waals surface area (Å²) >= 11 is 2.05. The highest BCUT2D eigenvalue weighted by Gasteiger charge is 2.36. The van der Waals surface area contributed by atoms with Gasteiger partial charge >= 0.3 is 0 Å². The van der Waals surface area contributed by atoms with Gasteiger partial charge in [0.15, 0.2) is 5.96 Å². The Hall–Kier alpha value is 0.310. The van der Waals surface area contributed by atoms with Crippen LogP contribution in [-0.2, 0) is 0 Å². The van der Waals surface area contributed by atoms with Gasteiger partial charge in [0.05, 0.1) is 0 Å². The fourth-order valence-corrected chi connectivity index (χ4v) is 3.70. The monoisotopic (exact) mass is 370 g/mol. The summed E-state index contributed by atoms with van der Waals surface area (Å²) in [6.07, 6.45) is 2.42. The highest BCUT2D eigenvalue weighted by Crippen LogP contribution is 2.31. The zero-order valence-corrected chi connectivity index (χ0v) is 13.8. The Morgan fingerprint density at radius 3 is 2.88 bits per heavy atom. The lowest BCUT2D eigenvalue weighted by atomic mass is 9.97. The number of hydrogen-bond donors (Lipinski definition) is 2. The van der Waals surface area contributed by atoms with Gasteiger partial charge in [-0.1, -0.05) is 0 Å². The molecule has 100 valence electrons. The highest BCUT2D eigenvalue weighted by atomic mass is 127. The summed E-state index contributed by atoms with van der Waals surface area (Å²) in [6.45, 7) is 3.01. The molecule has 2 rings (SSSR count). The van der Waals surface area contributed by atoms with E-state index >= 15 is 0 Å². The maximum absolute atomic E-state index is 4.45. The fourth-order valence-electron chi connectivity index (χ4n) is 2.15. The Bertz CT molecular complexity index is 264. The molecule has 0 aromatic rings. The van der Waals surface area contributed by atoms with E-state index < -0.39 is 0 Å². The lowest BCUT2D eigenvalue weighted by Crippen LogP contribution is -2.55. The Labute approximate surface area is 125 Å². The minimum atomic E-state index is 0. The van der Waals surface area contributed by atoms with Crippen molar-refractivity contribution in [2.75, 3.05) is 45.2 Å². The van der Waals surface area contributed by atoms with Gasteiger partial charge in [-0.3, -0.25) is 4.99 Å². The lowest BCUT2D eigenvalue weighted by molar-refractivity contribution is 0.183. The molecule has 2 heterocycles. The smallest absolute Gasteiger partial charge is 0.191 e. The van der Waals surface area contributed by atoms with Crippen LogP contribution in [0.1, 0.15) is 12.8 Å². The average Bonchev–Trinajstić information content (AvgIpc) is 2.78. The summed E-state index contributed by atoms with van der Waals surface area (Å²) in [4.78, 5) is 6.81. The molecule has 0 radical (unpaired) electrons. The second-order valence-electron chi connectivity index (χ2n) is 4.79. The highest BCUT2D eigenvalue weighted by molar-refractivity contribution is 14.0. The molecule has 2 aliphatic rings. The zero-order chi connectivity index (χ0) is 11.4. The maximum atomic E-state index is 4.45. The summed E-state index contributed by atoms with van der Waals surface area (Å²) < 4.78 is 0. The zero-order valence-electron chi connectivity index (χ0n) is 10.7. The van der Waals surface area contributed by atoms with Crippen LogP contribution in [0.2, 0.25) is 0 Å². The molecule has 1 atom stereocenters. The van der Waals surface area contributed by atoms with E-state index in [4.69, 9.17) is 0 Å². The maximum Gasteiger partial charge on any atom is 0.191 e. The predicted molar refractivity (Wildman–Crippen MR) is 86.7 cm³/mol. The first-order valence-electron chi connectivity index (χ1n) is 6.00. The molecule has 2 aliphatic heterocycles. The van der Waals surface area contributed by atoms with E-state index in [-0.39, 0.29) is 24.0 Å². The Balaban J connectivity index is 0.00000144. The molecular weight excluding hydrogens is 347 g/mol. The van der Waals surface area contributed by atoms with Crippen molar-refractivity contribution in [3.05, 3.63) is 0 Å². The van der Waals surface area contributed by atoms with Gasteiger partial charge < -0.3 is 15.5 Å². The number of thioether (sulfide) groups is 1. The summed E-state index contributed by atoms with van der Waals surface area (Å²) in [5, 5.41) is 6.78. The fraction of sp³-hybridized carbons (Fsp3) is 0.909. The number of nitrogens with one attached hydrogen (secondary N) is 2. The Morgan fingerprint density at radius 1 is 1.53 bits per heavy atom. The molecule has 1 saturated heterocycles. The van der Waals surface area contributed by atoms with E-state index in [9.17, 15) is 0 Å². The molecule has 1 fully saturated rings. The van der Waals surface area contributed by atoms with Gasteiger partial charge in [0, 0.05) is 30.9 Å². The molecule has 0 amide bonds. The summed E-state index contributed by atoms with van der Waals surface area (Å²) in [5.74, 6) is 3.49. The quantitative estimate of drug-likeness (QED) is 0.727. The first-order chi connectivity index (χ1) is 7.73. The number of halogens is 1. The van der Waals surface area contributed by atoms with E-state index in [1.807, 2.05) is 0 Å². The molecule has 2 N–H and O–H groups in total. The average molecular weight is 370 g/mol. The topological polar surface area (TPSA) is 39.7 Å². The number of rotatable bonds is 3. The van der Waals surface area contributed by atoms with Gasteiger partial charge in [0.1, 0.15) is 0 Å². The molecule has 0 aromatic carbocycles. The molecule has 6 heteroatoms. The molecule has 0 spiro atoms. The van der Waals surface area contributed by atoms with E-state index in [0.717, 1.165) is 32.0 Å². The molecule has 0 bridgehead atoms. The van der Waals surface area contributed by atoms with Crippen LogP contribution < -0.4 is 10.6 Å². The minimum absolute atomic E-state index is 0. The third-order valence-electron chi connectivity index (χ3n) is 3.51. The van der Waals surface area contributed by atoms with Gasteiger partial charge in [-0.05, 0) is 32.7 Å². The standard InChI is InChI=1S/C11H22N4S.HI/c1-15(2)11(4-7-16-9-11)8-14-10-12-5-3-6-13-10;/h3-9H2,1-2H3,(H2,12,13,14);1H. The molecular formula is C11H23IN4S. The first-order valence-corrected chi connectivity index (χ1v) is 7.16. The van der Waals surface area contributed by atoms with Crippen molar-refractivity contribution >= 4 is 41.7 Å². The van der Waals surface area contributed by atoms with Gasteiger partial charge in [0.25, 0.3) is 0 Å². The van der Waals surface area contributed by atoms with E-state index in [1.54, 1.807) is 0 Å². The molecule has 4 nitrogen and oxygen atoms in total. The number of hydrogen-bond acceptors (Lipinski definition) is 5. The SMILES string of the molecule is CN(C)C1(CNC2=NCCCN2)CCSC1.I. The number of aliphatic imine (C=N–C) groups is 1. The van der Waals surface area contributed by atoms with E-state index in [2.05, 4.69) is 46.4 Å². The first kappa shape index (κ1) is 15.4. The predicted octanol–water partition coefficient (Wildman–Crippen LogP) is 0.981. The van der Waals surface area contributed by atoms with Crippen LogP contribution in [0.3, 0.4) is 0 Å². The van der Waals surface area contributed by atoms with Crippen LogP contribution in [0.15, 0.2) is 4.99 Å². The molecule has 1 unspecified atom stereocenters. The summed E-state index contributed by atoms with van der Waals surface area (Å²) in [5.41, 5.74) is 0.312. The Morgan fingerprint density at radius 2 is 2.35 bits per heavy atom. The van der Waals surface area contributed by atoms with E-state index in [0.29, 0.717) is 5.54 Å². The molecule has 17 heavy (non-hydrogen) atoms. The minimum Gasteiger partial charge on any atom is -0.356 e. The van der Waals surface area contributed by atoms with Crippen LogP contribution in [0, 0.1) is 0 Å². The summed E-state index contributed by atoms with van der Waals surface area (Å²) in [7, 11) is 4.37. The van der Waals surface area contributed by atoms with Gasteiger partial charge in [0.2, 0.25) is 0 Å². The van der Waals surface area contributed by atoms with Crippen LogP contribution in [0.4, 0.5) is 0 Å². The van der Waals surface area contributed by atoms with Crippen molar-refractivity contribution in [3.63, 3.8) is 0 Å². The number of guanidine groups is 1. The van der Waals surface area contributed by atoms with Crippen LogP contribution >= 0.6 is 35.7 Å². The summed E-state index contributed by atoms with van der Waals surface area (Å²) in [6, 6.07) is 0. The van der Waals surface area contributed by atoms with Crippen molar-refractivity contribution in [2.24, 2.45) is 4.99 Å². The lowest BCUT2D eigenvalue weighted by Gasteiger charge is -2.36. The van der Waals surface area contributed by atoms with Crippen LogP contribution in [-0.4, -0.2) is 61.6 Å². The number of likely N-dealkylation sites (N-methyl/N-ethyl adjacent to an activating group) is 1.